The lowest BCUT2D eigenvalue weighted by atomic mass is 9.95. The number of phenols is 1. The fourth-order valence-electron chi connectivity index (χ4n) is 3.77. The van der Waals surface area contributed by atoms with E-state index in [1.807, 2.05) is 24.0 Å². The first-order valence-corrected chi connectivity index (χ1v) is 9.11. The average molecular weight is 383 g/mol. The number of aromatic hydroxyl groups is 1. The molecular weight excluding hydrogens is 364 g/mol. The fourth-order valence-corrected chi connectivity index (χ4v) is 3.99. The number of halogens is 1. The van der Waals surface area contributed by atoms with Crippen LogP contribution in [0.3, 0.4) is 0 Å². The quantitative estimate of drug-likeness (QED) is 0.828. The van der Waals surface area contributed by atoms with Gasteiger partial charge in [-0.25, -0.2) is 0 Å². The van der Waals surface area contributed by atoms with Crippen LogP contribution in [0.1, 0.15) is 21.5 Å². The van der Waals surface area contributed by atoms with Gasteiger partial charge < -0.3 is 14.9 Å². The lowest BCUT2D eigenvalue weighted by Gasteiger charge is -2.43. The topological polar surface area (TPSA) is 60.9 Å². The number of hydrogen-bond donors (Lipinski definition) is 1. The lowest BCUT2D eigenvalue weighted by molar-refractivity contribution is -0.132. The molecule has 6 heteroatoms. The van der Waals surface area contributed by atoms with Crippen molar-refractivity contribution in [2.75, 3.05) is 13.1 Å². The van der Waals surface area contributed by atoms with Gasteiger partial charge in [-0.15, -0.1) is 0 Å². The number of hydrogen-bond acceptors (Lipinski definition) is 3. The van der Waals surface area contributed by atoms with Gasteiger partial charge in [-0.2, -0.15) is 0 Å². The molecule has 2 aromatic carbocycles. The molecule has 138 valence electrons. The Morgan fingerprint density at radius 2 is 1.96 bits per heavy atom. The Morgan fingerprint density at radius 3 is 2.67 bits per heavy atom. The van der Waals surface area contributed by atoms with Crippen molar-refractivity contribution < 1.29 is 14.7 Å². The molecule has 0 saturated carbocycles. The van der Waals surface area contributed by atoms with Gasteiger partial charge in [0.1, 0.15) is 5.75 Å². The van der Waals surface area contributed by atoms with E-state index in [0.29, 0.717) is 35.8 Å². The van der Waals surface area contributed by atoms with Gasteiger partial charge in [-0.05, 0) is 54.0 Å². The summed E-state index contributed by atoms with van der Waals surface area (Å²) in [7, 11) is 0. The van der Waals surface area contributed by atoms with Gasteiger partial charge >= 0.3 is 0 Å². The van der Waals surface area contributed by atoms with Crippen molar-refractivity contribution in [3.8, 4) is 16.9 Å². The second-order valence-corrected chi connectivity index (χ2v) is 7.43. The van der Waals surface area contributed by atoms with Crippen LogP contribution in [0.25, 0.3) is 11.1 Å². The van der Waals surface area contributed by atoms with E-state index in [1.54, 1.807) is 17.0 Å². The molecule has 5 nitrogen and oxygen atoms in total. The first-order chi connectivity index (χ1) is 12.9. The molecule has 2 heterocycles. The van der Waals surface area contributed by atoms with Gasteiger partial charge in [0.2, 0.25) is 5.91 Å². The molecule has 0 atom stereocenters. The van der Waals surface area contributed by atoms with Gasteiger partial charge in [0.15, 0.2) is 0 Å². The maximum atomic E-state index is 12.9. The maximum absolute atomic E-state index is 12.9. The molecule has 0 aliphatic carbocycles. The van der Waals surface area contributed by atoms with Crippen LogP contribution in [-0.4, -0.2) is 45.9 Å². The van der Waals surface area contributed by atoms with E-state index in [0.717, 1.165) is 16.7 Å². The molecule has 2 aliphatic heterocycles. The third-order valence-corrected chi connectivity index (χ3v) is 5.64. The number of likely N-dealkylation sites (tertiary alicyclic amines) is 1. The Balaban J connectivity index is 1.63. The fraction of sp³-hybridized carbons (Fsp3) is 0.238. The number of carbonyl (C=O) groups is 2. The molecule has 1 fully saturated rings. The van der Waals surface area contributed by atoms with Gasteiger partial charge in [0, 0.05) is 35.8 Å². The van der Waals surface area contributed by atoms with E-state index in [1.165, 1.54) is 12.1 Å². The average Bonchev–Trinajstić information content (AvgIpc) is 2.90. The van der Waals surface area contributed by atoms with E-state index in [-0.39, 0.29) is 23.6 Å². The van der Waals surface area contributed by atoms with Crippen LogP contribution in [-0.2, 0) is 11.3 Å². The Morgan fingerprint density at radius 1 is 1.22 bits per heavy atom. The smallest absolute Gasteiger partial charge is 0.254 e. The van der Waals surface area contributed by atoms with Crippen LogP contribution >= 0.6 is 11.6 Å². The Hall–Kier alpha value is -2.79. The highest BCUT2D eigenvalue weighted by molar-refractivity contribution is 6.33. The predicted molar refractivity (Wildman–Crippen MR) is 104 cm³/mol. The standard InChI is InChI=1S/C21H19ClN2O3/c1-3-20(26)23-10-14(11-23)24-9-13-6-12(2)16(8-17(13)21(24)27)18-7-15(25)4-5-19(18)22/h3-8,14,25H,1,9-11H2,2H3. The first kappa shape index (κ1) is 17.6. The molecule has 0 aromatic heterocycles. The minimum Gasteiger partial charge on any atom is -0.508 e. The van der Waals surface area contributed by atoms with E-state index < -0.39 is 0 Å². The number of amides is 2. The summed E-state index contributed by atoms with van der Waals surface area (Å²) in [6.45, 7) is 7.08. The summed E-state index contributed by atoms with van der Waals surface area (Å²) in [5.41, 5.74) is 4.17. The highest BCUT2D eigenvalue weighted by Crippen LogP contribution is 2.37. The molecule has 1 N–H and O–H groups in total. The molecular formula is C21H19ClN2O3. The van der Waals surface area contributed by atoms with Crippen molar-refractivity contribution in [2.24, 2.45) is 0 Å². The summed E-state index contributed by atoms with van der Waals surface area (Å²) in [5.74, 6) is -0.00556. The second-order valence-electron chi connectivity index (χ2n) is 7.02. The van der Waals surface area contributed by atoms with Crippen molar-refractivity contribution in [3.63, 3.8) is 0 Å². The Bertz CT molecular complexity index is 980. The highest BCUT2D eigenvalue weighted by Gasteiger charge is 2.40. The molecule has 2 aromatic rings. The lowest BCUT2D eigenvalue weighted by Crippen LogP contribution is -2.60. The summed E-state index contributed by atoms with van der Waals surface area (Å²) in [4.78, 5) is 28.1. The Kier molecular flexibility index (Phi) is 4.19. The summed E-state index contributed by atoms with van der Waals surface area (Å²) < 4.78 is 0. The van der Waals surface area contributed by atoms with Crippen molar-refractivity contribution in [1.82, 2.24) is 9.80 Å². The molecule has 0 unspecified atom stereocenters. The van der Waals surface area contributed by atoms with Gasteiger partial charge in [-0.3, -0.25) is 9.59 Å². The summed E-state index contributed by atoms with van der Waals surface area (Å²) >= 11 is 6.31. The van der Waals surface area contributed by atoms with E-state index in [2.05, 4.69) is 6.58 Å². The molecule has 1 saturated heterocycles. The zero-order valence-corrected chi connectivity index (χ0v) is 15.7. The molecule has 0 bridgehead atoms. The van der Waals surface area contributed by atoms with E-state index >= 15 is 0 Å². The molecule has 27 heavy (non-hydrogen) atoms. The molecule has 4 rings (SSSR count). The van der Waals surface area contributed by atoms with Gasteiger partial charge in [0.05, 0.1) is 6.04 Å². The third-order valence-electron chi connectivity index (χ3n) is 5.31. The second kappa shape index (κ2) is 6.43. The van der Waals surface area contributed by atoms with Crippen molar-refractivity contribution >= 4 is 23.4 Å². The highest BCUT2D eigenvalue weighted by atomic mass is 35.5. The van der Waals surface area contributed by atoms with Crippen LogP contribution in [0.4, 0.5) is 0 Å². The van der Waals surface area contributed by atoms with Crippen LogP contribution < -0.4 is 0 Å². The first-order valence-electron chi connectivity index (χ1n) is 8.73. The monoisotopic (exact) mass is 382 g/mol. The number of nitrogens with zero attached hydrogens (tertiary/aromatic N) is 2. The van der Waals surface area contributed by atoms with Gasteiger partial charge in [0.25, 0.3) is 5.91 Å². The maximum Gasteiger partial charge on any atom is 0.254 e. The molecule has 2 aliphatic rings. The van der Waals surface area contributed by atoms with Crippen LogP contribution in [0.5, 0.6) is 5.75 Å². The molecule has 0 radical (unpaired) electrons. The number of phenolic OH excluding ortho intramolecular Hbond substituents is 1. The number of carbonyl (C=O) groups excluding carboxylic acids is 2. The number of rotatable bonds is 3. The summed E-state index contributed by atoms with van der Waals surface area (Å²) in [6.07, 6.45) is 1.30. The third kappa shape index (κ3) is 2.88. The largest absolute Gasteiger partial charge is 0.508 e. The molecule has 2 amide bonds. The van der Waals surface area contributed by atoms with Gasteiger partial charge in [-0.1, -0.05) is 24.2 Å². The van der Waals surface area contributed by atoms with E-state index in [4.69, 9.17) is 11.6 Å². The minimum absolute atomic E-state index is 0.0294. The summed E-state index contributed by atoms with van der Waals surface area (Å²) in [6, 6.07) is 8.69. The number of fused-ring (bicyclic) bond motifs is 1. The number of benzene rings is 2. The predicted octanol–water partition coefficient (Wildman–Crippen LogP) is 3.37. The van der Waals surface area contributed by atoms with Crippen LogP contribution in [0.2, 0.25) is 5.02 Å². The van der Waals surface area contributed by atoms with Crippen LogP contribution in [0.15, 0.2) is 43.0 Å². The summed E-state index contributed by atoms with van der Waals surface area (Å²) in [5, 5.41) is 10.3. The Labute approximate surface area is 162 Å². The van der Waals surface area contributed by atoms with E-state index in [9.17, 15) is 14.7 Å². The molecule has 0 spiro atoms. The zero-order valence-electron chi connectivity index (χ0n) is 14.9. The van der Waals surface area contributed by atoms with Crippen molar-refractivity contribution in [3.05, 3.63) is 64.7 Å². The zero-order chi connectivity index (χ0) is 19.3. The van der Waals surface area contributed by atoms with Crippen molar-refractivity contribution in [2.45, 2.75) is 19.5 Å². The SMILES string of the molecule is C=CC(=O)N1CC(N2Cc3cc(C)c(-c4cc(O)ccc4Cl)cc3C2=O)C1. The minimum atomic E-state index is -0.105. The number of aryl methyl sites for hydroxylation is 1. The van der Waals surface area contributed by atoms with Crippen LogP contribution in [0, 0.1) is 6.92 Å². The van der Waals surface area contributed by atoms with Crippen molar-refractivity contribution in [1.29, 1.82) is 0 Å². The normalized spacial score (nSPS) is 16.3.